The SMILES string of the molecule is CC(C)c1cccc(-c2cccc(-c3cccc(C(C)C)c3N)c2)c1N. The van der Waals surface area contributed by atoms with Crippen molar-refractivity contribution < 1.29 is 0 Å². The molecule has 0 fully saturated rings. The molecule has 0 bridgehead atoms. The number of hydrogen-bond acceptors (Lipinski definition) is 2. The first kappa shape index (κ1) is 18.1. The molecule has 0 aliphatic heterocycles. The Morgan fingerprint density at radius 1 is 0.577 bits per heavy atom. The second-order valence-corrected chi connectivity index (χ2v) is 7.51. The van der Waals surface area contributed by atoms with Crippen molar-refractivity contribution in [2.24, 2.45) is 0 Å². The highest BCUT2D eigenvalue weighted by Gasteiger charge is 2.13. The van der Waals surface area contributed by atoms with Crippen molar-refractivity contribution in [2.75, 3.05) is 11.5 Å². The van der Waals surface area contributed by atoms with Gasteiger partial charge in [0.2, 0.25) is 0 Å². The summed E-state index contributed by atoms with van der Waals surface area (Å²) >= 11 is 0. The first-order chi connectivity index (χ1) is 12.4. The van der Waals surface area contributed by atoms with E-state index in [1.807, 2.05) is 0 Å². The van der Waals surface area contributed by atoms with Crippen molar-refractivity contribution in [2.45, 2.75) is 39.5 Å². The highest BCUT2D eigenvalue weighted by atomic mass is 14.6. The van der Waals surface area contributed by atoms with E-state index in [-0.39, 0.29) is 0 Å². The van der Waals surface area contributed by atoms with E-state index in [4.69, 9.17) is 11.5 Å². The molecule has 0 aliphatic carbocycles. The maximum absolute atomic E-state index is 6.47. The summed E-state index contributed by atoms with van der Waals surface area (Å²) in [6.45, 7) is 8.68. The zero-order valence-corrected chi connectivity index (χ0v) is 16.1. The standard InChI is InChI=1S/C24H28N2/c1-15(2)19-10-6-12-21(23(19)25)17-8-5-9-18(14-17)22-13-7-11-20(16(3)4)24(22)26/h5-16H,25-26H2,1-4H3. The summed E-state index contributed by atoms with van der Waals surface area (Å²) < 4.78 is 0. The Balaban J connectivity index is 2.12. The van der Waals surface area contributed by atoms with Gasteiger partial charge < -0.3 is 11.5 Å². The molecule has 0 atom stereocenters. The topological polar surface area (TPSA) is 52.0 Å². The van der Waals surface area contributed by atoms with E-state index in [0.717, 1.165) is 33.6 Å². The monoisotopic (exact) mass is 344 g/mol. The quantitative estimate of drug-likeness (QED) is 0.536. The van der Waals surface area contributed by atoms with Crippen molar-refractivity contribution in [3.05, 3.63) is 71.8 Å². The molecule has 4 N–H and O–H groups in total. The van der Waals surface area contributed by atoms with Gasteiger partial charge in [-0.15, -0.1) is 0 Å². The lowest BCUT2D eigenvalue weighted by molar-refractivity contribution is 0.870. The van der Waals surface area contributed by atoms with Crippen LogP contribution in [0.15, 0.2) is 60.7 Å². The fourth-order valence-electron chi connectivity index (χ4n) is 3.53. The van der Waals surface area contributed by atoms with Gasteiger partial charge in [0.15, 0.2) is 0 Å². The van der Waals surface area contributed by atoms with Gasteiger partial charge in [-0.25, -0.2) is 0 Å². The predicted octanol–water partition coefficient (Wildman–Crippen LogP) is 6.43. The molecule has 26 heavy (non-hydrogen) atoms. The summed E-state index contributed by atoms with van der Waals surface area (Å²) in [5, 5.41) is 0. The summed E-state index contributed by atoms with van der Waals surface area (Å²) in [5.74, 6) is 0.799. The third kappa shape index (κ3) is 3.32. The van der Waals surface area contributed by atoms with Crippen LogP contribution in [0.25, 0.3) is 22.3 Å². The minimum atomic E-state index is 0.400. The zero-order chi connectivity index (χ0) is 18.8. The summed E-state index contributed by atoms with van der Waals surface area (Å²) in [5.41, 5.74) is 21.5. The zero-order valence-electron chi connectivity index (χ0n) is 16.1. The van der Waals surface area contributed by atoms with E-state index in [0.29, 0.717) is 11.8 Å². The number of nitrogens with two attached hydrogens (primary N) is 2. The molecule has 3 rings (SSSR count). The molecule has 0 spiro atoms. The summed E-state index contributed by atoms with van der Waals surface area (Å²) in [7, 11) is 0. The smallest absolute Gasteiger partial charge is 0.0428 e. The average molecular weight is 345 g/mol. The Bertz CT molecular complexity index is 850. The van der Waals surface area contributed by atoms with Gasteiger partial charge in [0.05, 0.1) is 0 Å². The van der Waals surface area contributed by atoms with Crippen molar-refractivity contribution in [1.29, 1.82) is 0 Å². The van der Waals surface area contributed by atoms with Crippen LogP contribution in [0.1, 0.15) is 50.7 Å². The van der Waals surface area contributed by atoms with E-state index in [1.54, 1.807) is 0 Å². The van der Waals surface area contributed by atoms with E-state index in [2.05, 4.69) is 88.4 Å². The molecule has 0 radical (unpaired) electrons. The van der Waals surface area contributed by atoms with Crippen molar-refractivity contribution in [3.8, 4) is 22.3 Å². The fraction of sp³-hybridized carbons (Fsp3) is 0.250. The lowest BCUT2D eigenvalue weighted by Gasteiger charge is -2.16. The van der Waals surface area contributed by atoms with Gasteiger partial charge in [-0.3, -0.25) is 0 Å². The normalized spacial score (nSPS) is 11.3. The third-order valence-electron chi connectivity index (χ3n) is 5.01. The van der Waals surface area contributed by atoms with Gasteiger partial charge in [0.1, 0.15) is 0 Å². The third-order valence-corrected chi connectivity index (χ3v) is 5.01. The van der Waals surface area contributed by atoms with Crippen LogP contribution in [0.2, 0.25) is 0 Å². The van der Waals surface area contributed by atoms with Crippen LogP contribution >= 0.6 is 0 Å². The lowest BCUT2D eigenvalue weighted by Crippen LogP contribution is -2.00. The Hall–Kier alpha value is -2.74. The van der Waals surface area contributed by atoms with Crippen LogP contribution in [-0.4, -0.2) is 0 Å². The van der Waals surface area contributed by atoms with Crippen LogP contribution in [0.3, 0.4) is 0 Å². The molecular formula is C24H28N2. The van der Waals surface area contributed by atoms with Crippen LogP contribution in [0.5, 0.6) is 0 Å². The summed E-state index contributed by atoms with van der Waals surface area (Å²) in [4.78, 5) is 0. The van der Waals surface area contributed by atoms with Crippen LogP contribution in [0, 0.1) is 0 Å². The molecule has 0 unspecified atom stereocenters. The molecular weight excluding hydrogens is 316 g/mol. The van der Waals surface area contributed by atoms with Gasteiger partial charge >= 0.3 is 0 Å². The molecule has 0 aromatic heterocycles. The summed E-state index contributed by atoms with van der Waals surface area (Å²) in [6, 6.07) is 21.1. The van der Waals surface area contributed by atoms with Crippen molar-refractivity contribution in [1.82, 2.24) is 0 Å². The first-order valence-corrected chi connectivity index (χ1v) is 9.27. The largest absolute Gasteiger partial charge is 0.398 e. The number of hydrogen-bond donors (Lipinski definition) is 2. The van der Waals surface area contributed by atoms with E-state index >= 15 is 0 Å². The molecule has 0 heterocycles. The maximum atomic E-state index is 6.47. The van der Waals surface area contributed by atoms with Gasteiger partial charge in [0.25, 0.3) is 0 Å². The van der Waals surface area contributed by atoms with Gasteiger partial charge in [-0.2, -0.15) is 0 Å². The van der Waals surface area contributed by atoms with Gasteiger partial charge in [0, 0.05) is 22.5 Å². The molecule has 0 saturated carbocycles. The van der Waals surface area contributed by atoms with E-state index < -0.39 is 0 Å². The van der Waals surface area contributed by atoms with Crippen LogP contribution < -0.4 is 11.5 Å². The average Bonchev–Trinajstić information content (AvgIpc) is 2.61. The van der Waals surface area contributed by atoms with Gasteiger partial charge in [-0.1, -0.05) is 82.3 Å². The molecule has 2 heteroatoms. The Kier molecular flexibility index (Phi) is 5.03. The van der Waals surface area contributed by atoms with Crippen LogP contribution in [-0.2, 0) is 0 Å². The Morgan fingerprint density at radius 2 is 0.962 bits per heavy atom. The Morgan fingerprint density at radius 3 is 1.35 bits per heavy atom. The number of para-hydroxylation sites is 2. The number of nitrogen functional groups attached to an aromatic ring is 2. The number of benzene rings is 3. The molecule has 0 amide bonds. The predicted molar refractivity (Wildman–Crippen MR) is 114 cm³/mol. The maximum Gasteiger partial charge on any atom is 0.0428 e. The second-order valence-electron chi connectivity index (χ2n) is 7.51. The van der Waals surface area contributed by atoms with E-state index in [1.165, 1.54) is 11.1 Å². The summed E-state index contributed by atoms with van der Waals surface area (Å²) in [6.07, 6.45) is 0. The molecule has 0 saturated heterocycles. The first-order valence-electron chi connectivity index (χ1n) is 9.27. The van der Waals surface area contributed by atoms with Crippen molar-refractivity contribution >= 4 is 11.4 Å². The molecule has 0 aliphatic rings. The number of anilines is 2. The second kappa shape index (κ2) is 7.25. The molecule has 3 aromatic rings. The highest BCUT2D eigenvalue weighted by molar-refractivity contribution is 5.85. The van der Waals surface area contributed by atoms with Crippen LogP contribution in [0.4, 0.5) is 11.4 Å². The number of rotatable bonds is 4. The lowest BCUT2D eigenvalue weighted by atomic mass is 9.91. The Labute approximate surface area is 156 Å². The van der Waals surface area contributed by atoms with Gasteiger partial charge in [-0.05, 0) is 40.2 Å². The van der Waals surface area contributed by atoms with Crippen molar-refractivity contribution in [3.63, 3.8) is 0 Å². The highest BCUT2D eigenvalue weighted by Crippen LogP contribution is 2.37. The minimum absolute atomic E-state index is 0.400. The minimum Gasteiger partial charge on any atom is -0.398 e. The molecule has 3 aromatic carbocycles. The van der Waals surface area contributed by atoms with E-state index in [9.17, 15) is 0 Å². The fourth-order valence-corrected chi connectivity index (χ4v) is 3.53. The molecule has 2 nitrogen and oxygen atoms in total. The molecule has 134 valence electrons.